The Labute approximate surface area is 131 Å². The highest BCUT2D eigenvalue weighted by atomic mass is 16.5. The fourth-order valence-corrected chi connectivity index (χ4v) is 2.95. The predicted octanol–water partition coefficient (Wildman–Crippen LogP) is 4.78. The largest absolute Gasteiger partial charge is 0.492 e. The van der Waals surface area contributed by atoms with Gasteiger partial charge >= 0.3 is 0 Å². The van der Waals surface area contributed by atoms with Gasteiger partial charge in [0.15, 0.2) is 0 Å². The Bertz CT molecular complexity index is 412. The molecule has 1 aromatic carbocycles. The maximum Gasteiger partial charge on any atom is 0.119 e. The molecule has 0 aliphatic heterocycles. The molecule has 1 aromatic rings. The zero-order valence-electron chi connectivity index (χ0n) is 14.9. The quantitative estimate of drug-likeness (QED) is 0.730. The minimum absolute atomic E-state index is 0.190. The maximum absolute atomic E-state index is 5.76. The lowest BCUT2D eigenvalue weighted by atomic mass is 9.72. The van der Waals surface area contributed by atoms with Gasteiger partial charge in [0, 0.05) is 12.6 Å². The molecule has 0 fully saturated rings. The van der Waals surface area contributed by atoms with Crippen LogP contribution in [0.1, 0.15) is 60.5 Å². The van der Waals surface area contributed by atoms with E-state index in [9.17, 15) is 0 Å². The summed E-state index contributed by atoms with van der Waals surface area (Å²) < 4.78 is 5.76. The van der Waals surface area contributed by atoms with Crippen LogP contribution in [-0.2, 0) is 5.41 Å². The van der Waals surface area contributed by atoms with E-state index in [-0.39, 0.29) is 5.41 Å². The van der Waals surface area contributed by atoms with Crippen molar-refractivity contribution in [2.24, 2.45) is 5.41 Å². The fraction of sp³-hybridized carbons (Fsp3) is 0.684. The minimum atomic E-state index is 0.190. The van der Waals surface area contributed by atoms with Crippen molar-refractivity contribution in [3.05, 3.63) is 29.8 Å². The van der Waals surface area contributed by atoms with E-state index in [2.05, 4.69) is 78.0 Å². The molecule has 0 saturated heterocycles. The minimum Gasteiger partial charge on any atom is -0.492 e. The second kappa shape index (κ2) is 7.31. The monoisotopic (exact) mass is 291 g/mol. The van der Waals surface area contributed by atoms with Gasteiger partial charge < -0.3 is 10.1 Å². The molecular weight excluding hydrogens is 258 g/mol. The van der Waals surface area contributed by atoms with Crippen molar-refractivity contribution >= 4 is 0 Å². The van der Waals surface area contributed by atoms with Crippen LogP contribution in [0.4, 0.5) is 0 Å². The number of rotatable bonds is 7. The first-order chi connectivity index (χ1) is 9.60. The zero-order chi connectivity index (χ0) is 16.1. The van der Waals surface area contributed by atoms with E-state index < -0.39 is 0 Å². The molecule has 1 N–H and O–H groups in total. The molecule has 21 heavy (non-hydrogen) atoms. The molecule has 0 atom stereocenters. The van der Waals surface area contributed by atoms with Crippen LogP contribution < -0.4 is 10.1 Å². The second-order valence-electron chi connectivity index (χ2n) is 8.10. The summed E-state index contributed by atoms with van der Waals surface area (Å²) in [6.45, 7) is 17.4. The highest BCUT2D eigenvalue weighted by Gasteiger charge is 2.27. The van der Waals surface area contributed by atoms with Gasteiger partial charge in [0.25, 0.3) is 0 Å². The van der Waals surface area contributed by atoms with Crippen LogP contribution in [-0.4, -0.2) is 19.2 Å². The highest BCUT2D eigenvalue weighted by Crippen LogP contribution is 2.36. The van der Waals surface area contributed by atoms with Crippen LogP contribution in [0.15, 0.2) is 24.3 Å². The van der Waals surface area contributed by atoms with Crippen LogP contribution in [0.2, 0.25) is 0 Å². The molecule has 0 bridgehead atoms. The highest BCUT2D eigenvalue weighted by molar-refractivity contribution is 5.31. The van der Waals surface area contributed by atoms with Gasteiger partial charge in [-0.3, -0.25) is 0 Å². The van der Waals surface area contributed by atoms with Crippen LogP contribution in [0.5, 0.6) is 5.75 Å². The van der Waals surface area contributed by atoms with Crippen LogP contribution in [0.3, 0.4) is 0 Å². The summed E-state index contributed by atoms with van der Waals surface area (Å²) in [5.41, 5.74) is 1.90. The summed E-state index contributed by atoms with van der Waals surface area (Å²) in [6, 6.07) is 9.10. The third kappa shape index (κ3) is 6.99. The lowest BCUT2D eigenvalue weighted by Gasteiger charge is -2.33. The molecule has 0 aliphatic rings. The number of hydrogen-bond donors (Lipinski definition) is 1. The lowest BCUT2D eigenvalue weighted by Crippen LogP contribution is -2.27. The average molecular weight is 291 g/mol. The summed E-state index contributed by atoms with van der Waals surface area (Å²) in [6.07, 6.45) is 1.17. The van der Waals surface area contributed by atoms with Gasteiger partial charge in [-0.2, -0.15) is 0 Å². The first-order valence-corrected chi connectivity index (χ1v) is 8.07. The summed E-state index contributed by atoms with van der Waals surface area (Å²) in [4.78, 5) is 0. The van der Waals surface area contributed by atoms with Crippen molar-refractivity contribution in [1.29, 1.82) is 0 Å². The lowest BCUT2D eigenvalue weighted by molar-refractivity contribution is 0.283. The van der Waals surface area contributed by atoms with E-state index in [1.807, 2.05) is 0 Å². The Balaban J connectivity index is 2.57. The Morgan fingerprint density at radius 2 is 1.57 bits per heavy atom. The normalized spacial score (nSPS) is 12.8. The number of hydrogen-bond acceptors (Lipinski definition) is 2. The molecule has 0 heterocycles. The van der Waals surface area contributed by atoms with Gasteiger partial charge in [-0.15, -0.1) is 0 Å². The third-order valence-corrected chi connectivity index (χ3v) is 3.53. The summed E-state index contributed by atoms with van der Waals surface area (Å²) >= 11 is 0. The van der Waals surface area contributed by atoms with Crippen molar-refractivity contribution in [1.82, 2.24) is 5.32 Å². The summed E-state index contributed by atoms with van der Waals surface area (Å²) in [7, 11) is 0. The number of ether oxygens (including phenoxy) is 1. The number of nitrogens with one attached hydrogen (secondary N) is 1. The van der Waals surface area contributed by atoms with Gasteiger partial charge in [0.05, 0.1) is 0 Å². The van der Waals surface area contributed by atoms with Crippen molar-refractivity contribution in [3.63, 3.8) is 0 Å². The van der Waals surface area contributed by atoms with Gasteiger partial charge in [0.2, 0.25) is 0 Å². The van der Waals surface area contributed by atoms with E-state index in [0.717, 1.165) is 12.3 Å². The zero-order valence-corrected chi connectivity index (χ0v) is 14.9. The standard InChI is InChI=1S/C19H33NO/c1-15(2)20-12-13-21-17-10-8-16(9-11-17)19(6,7)14-18(3,4)5/h8-11,15,20H,12-14H2,1-7H3. The Kier molecular flexibility index (Phi) is 6.27. The van der Waals surface area contributed by atoms with E-state index in [4.69, 9.17) is 4.74 Å². The van der Waals surface area contributed by atoms with Crippen molar-refractivity contribution in [2.75, 3.05) is 13.2 Å². The summed E-state index contributed by atoms with van der Waals surface area (Å²) in [5, 5.41) is 3.35. The van der Waals surface area contributed by atoms with Crippen LogP contribution in [0, 0.1) is 5.41 Å². The molecule has 0 unspecified atom stereocenters. The Morgan fingerprint density at radius 3 is 2.05 bits per heavy atom. The number of benzene rings is 1. The second-order valence-corrected chi connectivity index (χ2v) is 8.10. The first-order valence-electron chi connectivity index (χ1n) is 8.07. The van der Waals surface area contributed by atoms with Gasteiger partial charge in [-0.25, -0.2) is 0 Å². The molecule has 0 spiro atoms. The molecule has 2 nitrogen and oxygen atoms in total. The smallest absolute Gasteiger partial charge is 0.119 e. The molecule has 0 saturated carbocycles. The van der Waals surface area contributed by atoms with Crippen molar-refractivity contribution in [3.8, 4) is 5.75 Å². The van der Waals surface area contributed by atoms with Gasteiger partial charge in [0.1, 0.15) is 12.4 Å². The molecule has 0 radical (unpaired) electrons. The molecule has 0 aliphatic carbocycles. The third-order valence-electron chi connectivity index (χ3n) is 3.53. The summed E-state index contributed by atoms with van der Waals surface area (Å²) in [5.74, 6) is 0.955. The van der Waals surface area contributed by atoms with E-state index in [0.29, 0.717) is 18.1 Å². The topological polar surface area (TPSA) is 21.3 Å². The van der Waals surface area contributed by atoms with Crippen LogP contribution in [0.25, 0.3) is 0 Å². The van der Waals surface area contributed by atoms with Gasteiger partial charge in [-0.05, 0) is 34.9 Å². The van der Waals surface area contributed by atoms with Crippen molar-refractivity contribution < 1.29 is 4.74 Å². The molecular formula is C19H33NO. The molecule has 1 rings (SSSR count). The first kappa shape index (κ1) is 18.0. The molecule has 0 amide bonds. The predicted molar refractivity (Wildman–Crippen MR) is 92.2 cm³/mol. The molecule has 2 heteroatoms. The Morgan fingerprint density at radius 1 is 1.00 bits per heavy atom. The SMILES string of the molecule is CC(C)NCCOc1ccc(C(C)(C)CC(C)(C)C)cc1. The fourth-order valence-electron chi connectivity index (χ4n) is 2.95. The molecule has 0 aromatic heterocycles. The van der Waals surface area contributed by atoms with E-state index in [1.165, 1.54) is 12.0 Å². The van der Waals surface area contributed by atoms with E-state index in [1.54, 1.807) is 0 Å². The Hall–Kier alpha value is -1.02. The maximum atomic E-state index is 5.76. The van der Waals surface area contributed by atoms with Gasteiger partial charge in [-0.1, -0.05) is 60.6 Å². The average Bonchev–Trinajstić information content (AvgIpc) is 2.32. The van der Waals surface area contributed by atoms with Crippen LogP contribution >= 0.6 is 0 Å². The molecule has 120 valence electrons. The van der Waals surface area contributed by atoms with E-state index >= 15 is 0 Å². The van der Waals surface area contributed by atoms with Crippen molar-refractivity contribution in [2.45, 2.75) is 66.3 Å².